The first-order valence-corrected chi connectivity index (χ1v) is 5.38. The normalized spacial score (nSPS) is 14.8. The van der Waals surface area contributed by atoms with E-state index in [0.717, 1.165) is 0 Å². The highest BCUT2D eigenvalue weighted by atomic mass is 16.3. The van der Waals surface area contributed by atoms with Crippen LogP contribution < -0.4 is 0 Å². The van der Waals surface area contributed by atoms with Crippen molar-refractivity contribution in [1.29, 1.82) is 0 Å². The molecule has 1 N–H and O–H groups in total. The van der Waals surface area contributed by atoms with Gasteiger partial charge in [-0.05, 0) is 12.8 Å². The van der Waals surface area contributed by atoms with Crippen molar-refractivity contribution in [2.75, 3.05) is 0 Å². The van der Waals surface area contributed by atoms with E-state index < -0.39 is 11.6 Å². The second kappa shape index (κ2) is 4.37. The molecule has 1 aromatic rings. The maximum atomic E-state index is 11.8. The molecular weight excluding hydrogens is 216 g/mol. The molecule has 86 valence electrons. The minimum absolute atomic E-state index is 0.0768. The number of hydrogen-bond donors (Lipinski definition) is 1. The highest BCUT2D eigenvalue weighted by Crippen LogP contribution is 2.29. The molecule has 0 saturated heterocycles. The average Bonchev–Trinajstić information content (AvgIpc) is 2.36. The number of carbonyl (C=O) groups is 2. The Bertz CT molecular complexity index is 538. The summed E-state index contributed by atoms with van der Waals surface area (Å²) in [5.74, 6) is -1.23. The van der Waals surface area contributed by atoms with Gasteiger partial charge in [0, 0.05) is 16.7 Å². The molecule has 0 saturated carbocycles. The molecular formula is C14H12O3. The molecule has 0 aromatic heterocycles. The SMILES string of the molecule is C=CCCC1=C(O)c2ccccc2C(=O)C1=O. The van der Waals surface area contributed by atoms with Gasteiger partial charge < -0.3 is 5.11 Å². The Hall–Kier alpha value is -2.16. The molecule has 0 atom stereocenters. The first-order valence-electron chi connectivity index (χ1n) is 5.38. The molecule has 0 radical (unpaired) electrons. The quantitative estimate of drug-likeness (QED) is 0.639. The molecule has 0 fully saturated rings. The van der Waals surface area contributed by atoms with Gasteiger partial charge in [-0.1, -0.05) is 30.3 Å². The molecule has 0 bridgehead atoms. The van der Waals surface area contributed by atoms with Gasteiger partial charge >= 0.3 is 0 Å². The largest absolute Gasteiger partial charge is 0.507 e. The van der Waals surface area contributed by atoms with E-state index in [9.17, 15) is 14.7 Å². The predicted octanol–water partition coefficient (Wildman–Crippen LogP) is 2.69. The number of benzene rings is 1. The zero-order valence-electron chi connectivity index (χ0n) is 9.27. The van der Waals surface area contributed by atoms with Crippen LogP contribution in [0.15, 0.2) is 42.5 Å². The lowest BCUT2D eigenvalue weighted by molar-refractivity contribution is -0.112. The predicted molar refractivity (Wildman–Crippen MR) is 64.8 cm³/mol. The summed E-state index contributed by atoms with van der Waals surface area (Å²) in [6.07, 6.45) is 2.55. The Morgan fingerprint density at radius 2 is 1.76 bits per heavy atom. The summed E-state index contributed by atoms with van der Waals surface area (Å²) in [5.41, 5.74) is 0.905. The van der Waals surface area contributed by atoms with Crippen LogP contribution in [-0.2, 0) is 4.79 Å². The summed E-state index contributed by atoms with van der Waals surface area (Å²) in [4.78, 5) is 23.6. The van der Waals surface area contributed by atoms with Crippen molar-refractivity contribution >= 4 is 17.3 Å². The number of rotatable bonds is 3. The van der Waals surface area contributed by atoms with Gasteiger partial charge in [-0.25, -0.2) is 0 Å². The number of ketones is 2. The summed E-state index contributed by atoms with van der Waals surface area (Å²) in [7, 11) is 0. The Labute approximate surface area is 99.1 Å². The van der Waals surface area contributed by atoms with E-state index in [1.807, 2.05) is 0 Å². The smallest absolute Gasteiger partial charge is 0.234 e. The molecule has 1 aromatic carbocycles. The van der Waals surface area contributed by atoms with Crippen LogP contribution in [0.5, 0.6) is 0 Å². The van der Waals surface area contributed by atoms with Crippen LogP contribution in [0.3, 0.4) is 0 Å². The molecule has 0 aliphatic heterocycles. The van der Waals surface area contributed by atoms with Gasteiger partial charge in [-0.2, -0.15) is 0 Å². The van der Waals surface area contributed by atoms with Crippen molar-refractivity contribution in [3.05, 3.63) is 53.6 Å². The molecule has 0 heterocycles. The van der Waals surface area contributed by atoms with Gasteiger partial charge in [-0.3, -0.25) is 9.59 Å². The zero-order chi connectivity index (χ0) is 12.4. The zero-order valence-corrected chi connectivity index (χ0v) is 9.27. The lowest BCUT2D eigenvalue weighted by Gasteiger charge is -2.17. The van der Waals surface area contributed by atoms with E-state index in [-0.39, 0.29) is 16.9 Å². The Kier molecular flexibility index (Phi) is 2.91. The number of fused-ring (bicyclic) bond motifs is 1. The van der Waals surface area contributed by atoms with Crippen LogP contribution in [0.1, 0.15) is 28.8 Å². The third-order valence-electron chi connectivity index (χ3n) is 2.79. The molecule has 0 spiro atoms. The maximum absolute atomic E-state index is 11.8. The highest BCUT2D eigenvalue weighted by Gasteiger charge is 2.31. The molecule has 17 heavy (non-hydrogen) atoms. The third-order valence-corrected chi connectivity index (χ3v) is 2.79. The lowest BCUT2D eigenvalue weighted by Crippen LogP contribution is -2.23. The van der Waals surface area contributed by atoms with Crippen molar-refractivity contribution in [2.45, 2.75) is 12.8 Å². The van der Waals surface area contributed by atoms with E-state index >= 15 is 0 Å². The standard InChI is InChI=1S/C14H12O3/c1-2-3-6-11-12(15)9-7-4-5-8-10(9)13(16)14(11)17/h2,4-5,7-8,15H,1,3,6H2. The lowest BCUT2D eigenvalue weighted by atomic mass is 9.86. The topological polar surface area (TPSA) is 54.4 Å². The Morgan fingerprint density at radius 3 is 2.41 bits per heavy atom. The van der Waals surface area contributed by atoms with E-state index in [0.29, 0.717) is 18.4 Å². The summed E-state index contributed by atoms with van der Waals surface area (Å²) in [6, 6.07) is 6.59. The monoisotopic (exact) mass is 228 g/mol. The number of allylic oxidation sites excluding steroid dienone is 2. The number of Topliss-reactive ketones (excluding diaryl/α,β-unsaturated/α-hetero) is 2. The van der Waals surface area contributed by atoms with E-state index in [1.165, 1.54) is 0 Å². The van der Waals surface area contributed by atoms with Crippen LogP contribution in [0.2, 0.25) is 0 Å². The fourth-order valence-corrected chi connectivity index (χ4v) is 1.90. The molecule has 0 unspecified atom stereocenters. The first-order chi connectivity index (χ1) is 8.16. The van der Waals surface area contributed by atoms with E-state index in [1.54, 1.807) is 30.3 Å². The Morgan fingerprint density at radius 1 is 1.12 bits per heavy atom. The van der Waals surface area contributed by atoms with Gasteiger partial charge in [0.05, 0.1) is 0 Å². The van der Waals surface area contributed by atoms with Gasteiger partial charge in [0.2, 0.25) is 11.6 Å². The minimum atomic E-state index is -0.608. The van der Waals surface area contributed by atoms with Crippen molar-refractivity contribution in [3.8, 4) is 0 Å². The van der Waals surface area contributed by atoms with Crippen molar-refractivity contribution in [1.82, 2.24) is 0 Å². The fourth-order valence-electron chi connectivity index (χ4n) is 1.90. The van der Waals surface area contributed by atoms with E-state index in [4.69, 9.17) is 0 Å². The summed E-state index contributed by atoms with van der Waals surface area (Å²) < 4.78 is 0. The van der Waals surface area contributed by atoms with Crippen LogP contribution in [-0.4, -0.2) is 16.7 Å². The van der Waals surface area contributed by atoms with Gasteiger partial charge in [0.15, 0.2) is 0 Å². The van der Waals surface area contributed by atoms with Crippen molar-refractivity contribution in [2.24, 2.45) is 0 Å². The van der Waals surface area contributed by atoms with Gasteiger partial charge in [0.25, 0.3) is 0 Å². The third kappa shape index (κ3) is 1.80. The molecule has 3 heteroatoms. The van der Waals surface area contributed by atoms with Crippen LogP contribution in [0, 0.1) is 0 Å². The van der Waals surface area contributed by atoms with Gasteiger partial charge in [0.1, 0.15) is 5.76 Å². The number of hydrogen-bond acceptors (Lipinski definition) is 3. The summed E-state index contributed by atoms with van der Waals surface area (Å²) >= 11 is 0. The molecule has 1 aliphatic rings. The van der Waals surface area contributed by atoms with E-state index in [2.05, 4.69) is 6.58 Å². The van der Waals surface area contributed by atoms with Crippen LogP contribution in [0.25, 0.3) is 5.76 Å². The highest BCUT2D eigenvalue weighted by molar-refractivity contribution is 6.52. The second-order valence-electron chi connectivity index (χ2n) is 3.86. The van der Waals surface area contributed by atoms with Crippen LogP contribution in [0.4, 0.5) is 0 Å². The number of aliphatic hydroxyl groups excluding tert-OH is 1. The molecule has 1 aliphatic carbocycles. The first kappa shape index (κ1) is 11.3. The molecule has 2 rings (SSSR count). The number of aliphatic hydroxyl groups is 1. The fraction of sp³-hybridized carbons (Fsp3) is 0.143. The summed E-state index contributed by atoms with van der Waals surface area (Å²) in [6.45, 7) is 3.56. The van der Waals surface area contributed by atoms with Crippen LogP contribution >= 0.6 is 0 Å². The van der Waals surface area contributed by atoms with Gasteiger partial charge in [-0.15, -0.1) is 6.58 Å². The molecule has 3 nitrogen and oxygen atoms in total. The summed E-state index contributed by atoms with van der Waals surface area (Å²) in [5, 5.41) is 10.0. The maximum Gasteiger partial charge on any atom is 0.234 e. The van der Waals surface area contributed by atoms with Crippen molar-refractivity contribution < 1.29 is 14.7 Å². The number of carbonyl (C=O) groups excluding carboxylic acids is 2. The molecule has 0 amide bonds. The van der Waals surface area contributed by atoms with Crippen molar-refractivity contribution in [3.63, 3.8) is 0 Å². The minimum Gasteiger partial charge on any atom is -0.507 e. The average molecular weight is 228 g/mol. The Balaban J connectivity index is 2.55. The second-order valence-corrected chi connectivity index (χ2v) is 3.86.